The molecule has 20 heavy (non-hydrogen) atoms. The van der Waals surface area contributed by atoms with E-state index in [0.29, 0.717) is 23.9 Å². The van der Waals surface area contributed by atoms with E-state index in [2.05, 4.69) is 26.0 Å². The lowest BCUT2D eigenvalue weighted by atomic mass is 10.2. The molecule has 1 N–H and O–H groups in total. The van der Waals surface area contributed by atoms with Gasteiger partial charge in [0, 0.05) is 11.0 Å². The second-order valence-corrected chi connectivity index (χ2v) is 5.35. The largest absolute Gasteiger partial charge is 0.453 e. The number of amides is 2. The maximum atomic E-state index is 13.6. The zero-order valence-corrected chi connectivity index (χ0v) is 12.4. The predicted octanol–water partition coefficient (Wildman–Crippen LogP) is 2.76. The topological polar surface area (TPSA) is 58.6 Å². The summed E-state index contributed by atoms with van der Waals surface area (Å²) in [6.45, 7) is 0.464. The molecule has 0 radical (unpaired) electrons. The molecule has 1 aliphatic rings. The predicted molar refractivity (Wildman–Crippen MR) is 74.9 cm³/mol. The minimum Gasteiger partial charge on any atom is -0.453 e. The fourth-order valence-corrected chi connectivity index (χ4v) is 2.55. The molecular weight excluding hydrogens is 331 g/mol. The lowest BCUT2D eigenvalue weighted by molar-refractivity contribution is -0.120. The van der Waals surface area contributed by atoms with Gasteiger partial charge in [0.2, 0.25) is 5.91 Å². The van der Waals surface area contributed by atoms with Crippen LogP contribution in [0.5, 0.6) is 0 Å². The van der Waals surface area contributed by atoms with E-state index >= 15 is 0 Å². The number of carbonyl (C=O) groups excluding carboxylic acids is 2. The number of anilines is 1. The van der Waals surface area contributed by atoms with E-state index in [1.165, 1.54) is 24.1 Å². The minimum absolute atomic E-state index is 0.0843. The smallest absolute Gasteiger partial charge is 0.410 e. The first kappa shape index (κ1) is 14.8. The van der Waals surface area contributed by atoms with Crippen LogP contribution in [0.25, 0.3) is 0 Å². The van der Waals surface area contributed by atoms with Gasteiger partial charge in [0.1, 0.15) is 11.9 Å². The van der Waals surface area contributed by atoms with Crippen LogP contribution < -0.4 is 5.32 Å². The fourth-order valence-electron chi connectivity index (χ4n) is 2.18. The molecule has 108 valence electrons. The van der Waals surface area contributed by atoms with E-state index in [1.807, 2.05) is 0 Å². The van der Waals surface area contributed by atoms with Gasteiger partial charge in [-0.1, -0.05) is 15.9 Å². The third-order valence-electron chi connectivity index (χ3n) is 3.15. The molecule has 1 saturated heterocycles. The van der Waals surface area contributed by atoms with Crippen LogP contribution in [0.2, 0.25) is 0 Å². The van der Waals surface area contributed by atoms with Gasteiger partial charge in [0.05, 0.1) is 12.8 Å². The molecule has 0 aliphatic carbocycles. The number of nitrogens with one attached hydrogen (secondary N) is 1. The fraction of sp³-hybridized carbons (Fsp3) is 0.385. The average molecular weight is 345 g/mol. The average Bonchev–Trinajstić information content (AvgIpc) is 2.91. The third kappa shape index (κ3) is 3.09. The van der Waals surface area contributed by atoms with Gasteiger partial charge in [-0.05, 0) is 31.0 Å². The Kier molecular flexibility index (Phi) is 4.59. The van der Waals surface area contributed by atoms with Gasteiger partial charge in [-0.25, -0.2) is 9.18 Å². The van der Waals surface area contributed by atoms with Crippen molar-refractivity contribution in [2.75, 3.05) is 19.0 Å². The number of carbonyl (C=O) groups is 2. The lowest BCUT2D eigenvalue weighted by Crippen LogP contribution is -2.43. The molecule has 1 aromatic rings. The highest BCUT2D eigenvalue weighted by molar-refractivity contribution is 9.10. The van der Waals surface area contributed by atoms with Crippen molar-refractivity contribution in [3.63, 3.8) is 0 Å². The number of hydrogen-bond donors (Lipinski definition) is 1. The molecule has 1 fully saturated rings. The Hall–Kier alpha value is -1.63. The first-order valence-corrected chi connectivity index (χ1v) is 6.92. The number of halogens is 2. The van der Waals surface area contributed by atoms with Crippen molar-refractivity contribution in [2.24, 2.45) is 0 Å². The molecule has 5 nitrogen and oxygen atoms in total. The Morgan fingerprint density at radius 3 is 2.95 bits per heavy atom. The summed E-state index contributed by atoms with van der Waals surface area (Å²) in [6.07, 6.45) is 0.711. The lowest BCUT2D eigenvalue weighted by Gasteiger charge is -2.22. The van der Waals surface area contributed by atoms with Crippen LogP contribution in [0.4, 0.5) is 14.9 Å². The van der Waals surface area contributed by atoms with Crippen molar-refractivity contribution in [1.82, 2.24) is 4.90 Å². The van der Waals surface area contributed by atoms with E-state index in [1.54, 1.807) is 6.07 Å². The van der Waals surface area contributed by atoms with Crippen LogP contribution in [0.15, 0.2) is 22.7 Å². The zero-order chi connectivity index (χ0) is 14.7. The Labute approximate surface area is 124 Å². The van der Waals surface area contributed by atoms with Crippen molar-refractivity contribution < 1.29 is 18.7 Å². The van der Waals surface area contributed by atoms with Crippen LogP contribution in [0.3, 0.4) is 0 Å². The van der Waals surface area contributed by atoms with Crippen LogP contribution in [-0.4, -0.2) is 36.6 Å². The van der Waals surface area contributed by atoms with E-state index < -0.39 is 23.9 Å². The van der Waals surface area contributed by atoms with E-state index in [9.17, 15) is 14.0 Å². The number of hydrogen-bond acceptors (Lipinski definition) is 3. The number of nitrogens with zero attached hydrogens (tertiary/aromatic N) is 1. The first-order valence-electron chi connectivity index (χ1n) is 6.13. The van der Waals surface area contributed by atoms with Crippen LogP contribution in [-0.2, 0) is 9.53 Å². The molecule has 2 amide bonds. The van der Waals surface area contributed by atoms with Crippen molar-refractivity contribution in [1.29, 1.82) is 0 Å². The summed E-state index contributed by atoms with van der Waals surface area (Å²) in [5.41, 5.74) is 0.0843. The summed E-state index contributed by atoms with van der Waals surface area (Å²) in [6, 6.07) is 3.65. The summed E-state index contributed by atoms with van der Waals surface area (Å²) >= 11 is 3.21. The number of benzene rings is 1. The van der Waals surface area contributed by atoms with Gasteiger partial charge in [0.25, 0.3) is 0 Å². The second-order valence-electron chi connectivity index (χ2n) is 4.43. The summed E-state index contributed by atoms with van der Waals surface area (Å²) in [5, 5.41) is 2.51. The molecule has 1 atom stereocenters. The maximum absolute atomic E-state index is 13.6. The molecule has 0 spiro atoms. The minimum atomic E-state index is -0.624. The molecule has 0 bridgehead atoms. The van der Waals surface area contributed by atoms with E-state index in [4.69, 9.17) is 0 Å². The highest BCUT2D eigenvalue weighted by Gasteiger charge is 2.35. The molecule has 0 aromatic heterocycles. The molecule has 2 rings (SSSR count). The highest BCUT2D eigenvalue weighted by atomic mass is 79.9. The zero-order valence-electron chi connectivity index (χ0n) is 10.9. The first-order chi connectivity index (χ1) is 9.52. The monoisotopic (exact) mass is 344 g/mol. The summed E-state index contributed by atoms with van der Waals surface area (Å²) in [4.78, 5) is 25.1. The quantitative estimate of drug-likeness (QED) is 0.897. The second kappa shape index (κ2) is 6.21. The molecule has 1 aromatic carbocycles. The van der Waals surface area contributed by atoms with E-state index in [0.717, 1.165) is 0 Å². The summed E-state index contributed by atoms with van der Waals surface area (Å²) in [5.74, 6) is -0.936. The Bertz CT molecular complexity index is 538. The molecule has 1 aliphatic heterocycles. The maximum Gasteiger partial charge on any atom is 0.410 e. The number of likely N-dealkylation sites (tertiary alicyclic amines) is 1. The standard InChI is InChI=1S/C13H14BrFN2O3/c1-20-13(19)17-6-2-3-11(17)12(18)16-10-7-8(14)4-5-9(10)15/h4-5,7,11H,2-3,6H2,1H3,(H,16,18)/t11-/m1/s1. The molecule has 7 heteroatoms. The van der Waals surface area contributed by atoms with Gasteiger partial charge in [-0.15, -0.1) is 0 Å². The number of rotatable bonds is 2. The highest BCUT2D eigenvalue weighted by Crippen LogP contribution is 2.23. The van der Waals surface area contributed by atoms with Crippen molar-refractivity contribution in [3.05, 3.63) is 28.5 Å². The van der Waals surface area contributed by atoms with Gasteiger partial charge in [0.15, 0.2) is 0 Å². The molecule has 1 heterocycles. The third-order valence-corrected chi connectivity index (χ3v) is 3.64. The summed E-state index contributed by atoms with van der Waals surface area (Å²) in [7, 11) is 1.27. The molecule has 0 saturated carbocycles. The normalized spacial score (nSPS) is 17.9. The SMILES string of the molecule is COC(=O)N1CCC[C@@H]1C(=O)Nc1cc(Br)ccc1F. The van der Waals surface area contributed by atoms with Gasteiger partial charge >= 0.3 is 6.09 Å². The van der Waals surface area contributed by atoms with Crippen molar-refractivity contribution >= 4 is 33.6 Å². The van der Waals surface area contributed by atoms with Crippen molar-refractivity contribution in [2.45, 2.75) is 18.9 Å². The Morgan fingerprint density at radius 2 is 2.25 bits per heavy atom. The van der Waals surface area contributed by atoms with Crippen LogP contribution in [0, 0.1) is 5.82 Å². The van der Waals surface area contributed by atoms with E-state index in [-0.39, 0.29) is 5.69 Å². The molecular formula is C13H14BrFN2O3. The van der Waals surface area contributed by atoms with Gasteiger partial charge < -0.3 is 10.1 Å². The number of ether oxygens (including phenoxy) is 1. The Balaban J connectivity index is 2.11. The van der Waals surface area contributed by atoms with Gasteiger partial charge in [-0.3, -0.25) is 9.69 Å². The molecule has 0 unspecified atom stereocenters. The van der Waals surface area contributed by atoms with Crippen LogP contribution >= 0.6 is 15.9 Å². The van der Waals surface area contributed by atoms with Crippen LogP contribution in [0.1, 0.15) is 12.8 Å². The van der Waals surface area contributed by atoms with Crippen molar-refractivity contribution in [3.8, 4) is 0 Å². The van der Waals surface area contributed by atoms with Gasteiger partial charge in [-0.2, -0.15) is 0 Å². The number of methoxy groups -OCH3 is 1. The Morgan fingerprint density at radius 1 is 1.50 bits per heavy atom. The summed E-state index contributed by atoms with van der Waals surface area (Å²) < 4.78 is 18.9.